The van der Waals surface area contributed by atoms with E-state index in [-0.39, 0.29) is 17.1 Å². The van der Waals surface area contributed by atoms with Crippen LogP contribution in [-0.2, 0) is 9.47 Å². The zero-order chi connectivity index (χ0) is 15.0. The fourth-order valence-electron chi connectivity index (χ4n) is 1.92. The standard InChI is InChI=1S/C15H21ClN2O2/c1-14(2)15(3,4)20-13(19-14)10-6-5-7-11(8-10)18-12(17)9-16/h5-8,13H,9H2,1-4H3,(H2,17,18). The number of rotatable bonds is 3. The zero-order valence-electron chi connectivity index (χ0n) is 12.3. The molecular weight excluding hydrogens is 276 g/mol. The van der Waals surface area contributed by atoms with Crippen LogP contribution < -0.4 is 5.73 Å². The predicted octanol–water partition coefficient (Wildman–Crippen LogP) is 3.52. The smallest absolute Gasteiger partial charge is 0.185 e. The van der Waals surface area contributed by atoms with Crippen LogP contribution in [-0.4, -0.2) is 22.9 Å². The average molecular weight is 297 g/mol. The zero-order valence-corrected chi connectivity index (χ0v) is 13.1. The Morgan fingerprint density at radius 1 is 1.25 bits per heavy atom. The minimum atomic E-state index is -0.396. The quantitative estimate of drug-likeness (QED) is 0.527. The summed E-state index contributed by atoms with van der Waals surface area (Å²) in [5.74, 6) is 0.596. The predicted molar refractivity (Wildman–Crippen MR) is 81.5 cm³/mol. The maximum Gasteiger partial charge on any atom is 0.185 e. The molecule has 2 N–H and O–H groups in total. The van der Waals surface area contributed by atoms with E-state index in [1.165, 1.54) is 0 Å². The van der Waals surface area contributed by atoms with Crippen LogP contribution >= 0.6 is 11.6 Å². The highest BCUT2D eigenvalue weighted by molar-refractivity contribution is 6.28. The highest BCUT2D eigenvalue weighted by atomic mass is 35.5. The van der Waals surface area contributed by atoms with Crippen molar-refractivity contribution in [2.45, 2.75) is 45.2 Å². The molecule has 1 aromatic rings. The number of hydrogen-bond acceptors (Lipinski definition) is 3. The average Bonchev–Trinajstić information content (AvgIpc) is 2.59. The second kappa shape index (κ2) is 5.35. The third kappa shape index (κ3) is 2.97. The minimum Gasteiger partial charge on any atom is -0.386 e. The first-order valence-electron chi connectivity index (χ1n) is 6.60. The Bertz CT molecular complexity index is 510. The van der Waals surface area contributed by atoms with Crippen LogP contribution in [0.4, 0.5) is 5.69 Å². The van der Waals surface area contributed by atoms with Gasteiger partial charge in [-0.3, -0.25) is 0 Å². The van der Waals surface area contributed by atoms with E-state index in [4.69, 9.17) is 26.8 Å². The molecule has 0 aromatic heterocycles. The van der Waals surface area contributed by atoms with Crippen molar-refractivity contribution in [3.05, 3.63) is 29.8 Å². The van der Waals surface area contributed by atoms with E-state index in [0.717, 1.165) is 11.3 Å². The molecular formula is C15H21ClN2O2. The molecule has 0 aliphatic carbocycles. The molecule has 0 spiro atoms. The molecule has 0 amide bonds. The van der Waals surface area contributed by atoms with Crippen molar-refractivity contribution in [3.8, 4) is 0 Å². The Hall–Kier alpha value is -1.10. The van der Waals surface area contributed by atoms with Gasteiger partial charge in [0.05, 0.1) is 22.8 Å². The maximum atomic E-state index is 6.01. The molecule has 1 fully saturated rings. The van der Waals surface area contributed by atoms with Crippen molar-refractivity contribution < 1.29 is 9.47 Å². The summed E-state index contributed by atoms with van der Waals surface area (Å²) in [6.07, 6.45) is -0.396. The van der Waals surface area contributed by atoms with E-state index in [0.29, 0.717) is 5.84 Å². The van der Waals surface area contributed by atoms with Gasteiger partial charge in [0.2, 0.25) is 0 Å². The molecule has 0 bridgehead atoms. The lowest BCUT2D eigenvalue weighted by Gasteiger charge is -2.30. The largest absolute Gasteiger partial charge is 0.386 e. The second-order valence-corrected chi connectivity index (χ2v) is 6.19. The summed E-state index contributed by atoms with van der Waals surface area (Å²) in [5.41, 5.74) is 6.61. The molecule has 5 heteroatoms. The first-order chi connectivity index (χ1) is 9.25. The van der Waals surface area contributed by atoms with Gasteiger partial charge in [-0.1, -0.05) is 12.1 Å². The topological polar surface area (TPSA) is 56.8 Å². The summed E-state index contributed by atoms with van der Waals surface area (Å²) in [5, 5.41) is 0. The van der Waals surface area contributed by atoms with Crippen molar-refractivity contribution in [3.63, 3.8) is 0 Å². The molecule has 1 saturated heterocycles. The maximum absolute atomic E-state index is 6.01. The molecule has 110 valence electrons. The van der Waals surface area contributed by atoms with Gasteiger partial charge in [0, 0.05) is 5.56 Å². The number of ether oxygens (including phenoxy) is 2. The number of nitrogens with two attached hydrogens (primary N) is 1. The van der Waals surface area contributed by atoms with Crippen LogP contribution in [0.2, 0.25) is 0 Å². The molecule has 20 heavy (non-hydrogen) atoms. The van der Waals surface area contributed by atoms with E-state index in [9.17, 15) is 0 Å². The molecule has 1 aliphatic heterocycles. The molecule has 1 aliphatic rings. The van der Waals surface area contributed by atoms with Gasteiger partial charge in [-0.2, -0.15) is 0 Å². The monoisotopic (exact) mass is 296 g/mol. The molecule has 4 nitrogen and oxygen atoms in total. The molecule has 0 unspecified atom stereocenters. The summed E-state index contributed by atoms with van der Waals surface area (Å²) in [6, 6.07) is 7.63. The number of hydrogen-bond donors (Lipinski definition) is 1. The molecule has 0 atom stereocenters. The van der Waals surface area contributed by atoms with E-state index >= 15 is 0 Å². The number of halogens is 1. The fourth-order valence-corrected chi connectivity index (χ4v) is 1.98. The first-order valence-corrected chi connectivity index (χ1v) is 7.13. The Kier molecular flexibility index (Phi) is 4.09. The van der Waals surface area contributed by atoms with Gasteiger partial charge in [-0.25, -0.2) is 4.99 Å². The molecule has 1 aromatic carbocycles. The van der Waals surface area contributed by atoms with E-state index in [2.05, 4.69) is 4.99 Å². The summed E-state index contributed by atoms with van der Waals surface area (Å²) in [6.45, 7) is 8.11. The first kappa shape index (κ1) is 15.3. The van der Waals surface area contributed by atoms with E-state index < -0.39 is 6.29 Å². The van der Waals surface area contributed by atoms with Crippen LogP contribution in [0.3, 0.4) is 0 Å². The van der Waals surface area contributed by atoms with Gasteiger partial charge in [0.15, 0.2) is 6.29 Å². The summed E-state index contributed by atoms with van der Waals surface area (Å²) in [4.78, 5) is 4.23. The summed E-state index contributed by atoms with van der Waals surface area (Å²) in [7, 11) is 0. The van der Waals surface area contributed by atoms with Crippen molar-refractivity contribution in [2.75, 3.05) is 5.88 Å². The molecule has 0 saturated carbocycles. The summed E-state index contributed by atoms with van der Waals surface area (Å²) >= 11 is 5.64. The molecule has 2 rings (SSSR count). The van der Waals surface area contributed by atoms with Crippen LogP contribution in [0.5, 0.6) is 0 Å². The third-order valence-corrected chi connectivity index (χ3v) is 4.08. The molecule has 1 heterocycles. The van der Waals surface area contributed by atoms with Gasteiger partial charge in [0.1, 0.15) is 5.84 Å². The van der Waals surface area contributed by atoms with Crippen LogP contribution in [0.1, 0.15) is 39.5 Å². The lowest BCUT2D eigenvalue weighted by Crippen LogP contribution is -2.41. The minimum absolute atomic E-state index is 0.209. The Labute approximate surface area is 124 Å². The Balaban J connectivity index is 2.25. The van der Waals surface area contributed by atoms with Crippen molar-refractivity contribution in [1.82, 2.24) is 0 Å². The molecule has 0 radical (unpaired) electrons. The van der Waals surface area contributed by atoms with Crippen molar-refractivity contribution in [2.24, 2.45) is 10.7 Å². The lowest BCUT2D eigenvalue weighted by molar-refractivity contribution is -0.0895. The number of nitrogens with zero attached hydrogens (tertiary/aromatic N) is 1. The SMILES string of the molecule is CC1(C)OC(c2cccc(N=C(N)CCl)c2)OC1(C)C. The number of amidine groups is 1. The fraction of sp³-hybridized carbons (Fsp3) is 0.533. The highest BCUT2D eigenvalue weighted by Crippen LogP contribution is 2.45. The number of alkyl halides is 1. The third-order valence-electron chi connectivity index (χ3n) is 3.81. The van der Waals surface area contributed by atoms with E-state index in [1.54, 1.807) is 0 Å². The van der Waals surface area contributed by atoms with Crippen LogP contribution in [0, 0.1) is 0 Å². The van der Waals surface area contributed by atoms with Crippen molar-refractivity contribution in [1.29, 1.82) is 0 Å². The van der Waals surface area contributed by atoms with E-state index in [1.807, 2.05) is 52.0 Å². The highest BCUT2D eigenvalue weighted by Gasteiger charge is 2.49. The summed E-state index contributed by atoms with van der Waals surface area (Å²) < 4.78 is 12.0. The van der Waals surface area contributed by atoms with Gasteiger partial charge < -0.3 is 15.2 Å². The van der Waals surface area contributed by atoms with Crippen molar-refractivity contribution >= 4 is 23.1 Å². The normalized spacial score (nSPS) is 22.1. The Morgan fingerprint density at radius 2 is 1.85 bits per heavy atom. The number of benzene rings is 1. The van der Waals surface area contributed by atoms with Gasteiger partial charge in [-0.05, 0) is 39.8 Å². The lowest BCUT2D eigenvalue weighted by atomic mass is 9.90. The van der Waals surface area contributed by atoms with Gasteiger partial charge >= 0.3 is 0 Å². The van der Waals surface area contributed by atoms with Crippen LogP contribution in [0.15, 0.2) is 29.3 Å². The van der Waals surface area contributed by atoms with Crippen LogP contribution in [0.25, 0.3) is 0 Å². The Morgan fingerprint density at radius 3 is 2.40 bits per heavy atom. The number of aliphatic imine (C=N–C) groups is 1. The van der Waals surface area contributed by atoms with Gasteiger partial charge in [-0.15, -0.1) is 11.6 Å². The second-order valence-electron chi connectivity index (χ2n) is 5.92. The van der Waals surface area contributed by atoms with Gasteiger partial charge in [0.25, 0.3) is 0 Å².